The quantitative estimate of drug-likeness (QED) is 0.781. The van der Waals surface area contributed by atoms with Crippen LogP contribution in [0.4, 0.5) is 5.82 Å². The van der Waals surface area contributed by atoms with Crippen LogP contribution < -0.4 is 10.9 Å². The molecule has 0 bridgehead atoms. The van der Waals surface area contributed by atoms with Crippen LogP contribution in [-0.2, 0) is 4.79 Å². The zero-order valence-corrected chi connectivity index (χ0v) is 9.36. The molecule has 2 N–H and O–H groups in total. The second-order valence-electron chi connectivity index (χ2n) is 4.47. The summed E-state index contributed by atoms with van der Waals surface area (Å²) in [6.45, 7) is 2.00. The average molecular weight is 232 g/mol. The maximum Gasteiger partial charge on any atom is 0.264 e. The van der Waals surface area contributed by atoms with E-state index in [0.29, 0.717) is 18.8 Å². The zero-order chi connectivity index (χ0) is 12.5. The van der Waals surface area contributed by atoms with E-state index in [-0.39, 0.29) is 17.3 Å². The Morgan fingerprint density at radius 1 is 1.65 bits per heavy atom. The molecule has 6 heteroatoms. The van der Waals surface area contributed by atoms with Crippen molar-refractivity contribution in [2.24, 2.45) is 11.3 Å². The normalized spacial score (nSPS) is 26.7. The van der Waals surface area contributed by atoms with Gasteiger partial charge in [0.15, 0.2) is 5.82 Å². The highest BCUT2D eigenvalue weighted by Crippen LogP contribution is 2.45. The van der Waals surface area contributed by atoms with Crippen molar-refractivity contribution in [3.8, 4) is 6.07 Å². The summed E-state index contributed by atoms with van der Waals surface area (Å²) in [5.74, 6) is 0.297. The topological polar surface area (TPSA) is 98.6 Å². The van der Waals surface area contributed by atoms with E-state index < -0.39 is 5.41 Å². The molecule has 88 valence electrons. The number of rotatable bonds is 2. The standard InChI is InChI=1S/C11H12N4O2/c1-7-4-11(5-7,6-12)10(17)13-8-2-3-9(16)15-14-8/h2-3,7H,4-5H2,1H3,(H,15,16)(H,13,14,17). The lowest BCUT2D eigenvalue weighted by atomic mass is 9.63. The predicted molar refractivity (Wildman–Crippen MR) is 59.9 cm³/mol. The Hall–Kier alpha value is -2.16. The van der Waals surface area contributed by atoms with Crippen LogP contribution in [0.3, 0.4) is 0 Å². The number of aromatic nitrogens is 2. The molecule has 0 saturated heterocycles. The summed E-state index contributed by atoms with van der Waals surface area (Å²) in [6.07, 6.45) is 1.14. The van der Waals surface area contributed by atoms with Gasteiger partial charge in [-0.05, 0) is 24.8 Å². The van der Waals surface area contributed by atoms with Crippen LogP contribution in [0.1, 0.15) is 19.8 Å². The van der Waals surface area contributed by atoms with Crippen LogP contribution >= 0.6 is 0 Å². The first-order valence-electron chi connectivity index (χ1n) is 5.34. The third-order valence-electron chi connectivity index (χ3n) is 2.96. The number of nitrogens with zero attached hydrogens (tertiary/aromatic N) is 2. The third kappa shape index (κ3) is 2.04. The molecule has 0 spiro atoms. The number of H-pyrrole nitrogens is 1. The number of anilines is 1. The van der Waals surface area contributed by atoms with Crippen LogP contribution in [0.15, 0.2) is 16.9 Å². The van der Waals surface area contributed by atoms with Crippen LogP contribution in [0.2, 0.25) is 0 Å². The first-order chi connectivity index (χ1) is 8.05. The SMILES string of the molecule is CC1CC(C#N)(C(=O)Nc2ccc(=O)[nH]n2)C1. The van der Waals surface area contributed by atoms with E-state index in [9.17, 15) is 9.59 Å². The molecular weight excluding hydrogens is 220 g/mol. The monoisotopic (exact) mass is 232 g/mol. The van der Waals surface area contributed by atoms with Gasteiger partial charge in [-0.15, -0.1) is 0 Å². The summed E-state index contributed by atoms with van der Waals surface area (Å²) in [5.41, 5.74) is -1.27. The van der Waals surface area contributed by atoms with Gasteiger partial charge < -0.3 is 5.32 Å². The van der Waals surface area contributed by atoms with Crippen molar-refractivity contribution in [2.75, 3.05) is 5.32 Å². The van der Waals surface area contributed by atoms with E-state index in [1.807, 2.05) is 6.92 Å². The highest BCUT2D eigenvalue weighted by atomic mass is 16.2. The number of nitrogens with one attached hydrogen (secondary N) is 2. The molecule has 1 aromatic heterocycles. The highest BCUT2D eigenvalue weighted by molar-refractivity contribution is 5.97. The molecule has 1 heterocycles. The number of nitriles is 1. The summed E-state index contributed by atoms with van der Waals surface area (Å²) in [5, 5.41) is 17.5. The fraction of sp³-hybridized carbons (Fsp3) is 0.455. The Kier molecular flexibility index (Phi) is 2.68. The number of hydrogen-bond donors (Lipinski definition) is 2. The van der Waals surface area contributed by atoms with Crippen LogP contribution in [-0.4, -0.2) is 16.1 Å². The van der Waals surface area contributed by atoms with Gasteiger partial charge in [0.2, 0.25) is 5.91 Å². The smallest absolute Gasteiger partial charge is 0.264 e. The maximum atomic E-state index is 11.9. The van der Waals surface area contributed by atoms with Crippen molar-refractivity contribution in [3.05, 3.63) is 22.5 Å². The lowest BCUT2D eigenvalue weighted by Crippen LogP contribution is -2.45. The molecule has 0 unspecified atom stereocenters. The third-order valence-corrected chi connectivity index (χ3v) is 2.96. The minimum Gasteiger partial charge on any atom is -0.308 e. The van der Waals surface area contributed by atoms with Gasteiger partial charge in [0, 0.05) is 6.07 Å². The van der Waals surface area contributed by atoms with Crippen molar-refractivity contribution in [1.82, 2.24) is 10.2 Å². The van der Waals surface area contributed by atoms with E-state index >= 15 is 0 Å². The van der Waals surface area contributed by atoms with Gasteiger partial charge in [-0.1, -0.05) is 6.92 Å². The fourth-order valence-corrected chi connectivity index (χ4v) is 2.11. The molecule has 6 nitrogen and oxygen atoms in total. The molecular formula is C11H12N4O2. The minimum absolute atomic E-state index is 0.253. The summed E-state index contributed by atoms with van der Waals surface area (Å²) in [4.78, 5) is 22.7. The Balaban J connectivity index is 2.10. The van der Waals surface area contributed by atoms with Gasteiger partial charge in [-0.3, -0.25) is 9.59 Å². The maximum absolute atomic E-state index is 11.9. The van der Waals surface area contributed by atoms with Gasteiger partial charge in [0.25, 0.3) is 5.56 Å². The van der Waals surface area contributed by atoms with Crippen molar-refractivity contribution in [1.29, 1.82) is 5.26 Å². The van der Waals surface area contributed by atoms with E-state index in [1.54, 1.807) is 0 Å². The molecule has 1 fully saturated rings. The van der Waals surface area contributed by atoms with E-state index in [1.165, 1.54) is 12.1 Å². The minimum atomic E-state index is -0.933. The average Bonchev–Trinajstić information content (AvgIpc) is 2.27. The van der Waals surface area contributed by atoms with Gasteiger partial charge in [0.05, 0.1) is 6.07 Å². The van der Waals surface area contributed by atoms with Crippen LogP contribution in [0.5, 0.6) is 0 Å². The second-order valence-corrected chi connectivity index (χ2v) is 4.47. The van der Waals surface area contributed by atoms with E-state index in [2.05, 4.69) is 21.6 Å². The summed E-state index contributed by atoms with van der Waals surface area (Å²) in [6, 6.07) is 4.74. The molecule has 0 radical (unpaired) electrons. The van der Waals surface area contributed by atoms with Gasteiger partial charge >= 0.3 is 0 Å². The molecule has 17 heavy (non-hydrogen) atoms. The van der Waals surface area contributed by atoms with Crippen molar-refractivity contribution in [2.45, 2.75) is 19.8 Å². The first-order valence-corrected chi connectivity index (χ1v) is 5.34. The predicted octanol–water partition coefficient (Wildman–Crippen LogP) is 0.648. The largest absolute Gasteiger partial charge is 0.308 e. The second kappa shape index (κ2) is 4.01. The lowest BCUT2D eigenvalue weighted by Gasteiger charge is -2.38. The fourth-order valence-electron chi connectivity index (χ4n) is 2.11. The molecule has 1 amide bonds. The zero-order valence-electron chi connectivity index (χ0n) is 9.36. The lowest BCUT2D eigenvalue weighted by molar-refractivity contribution is -0.128. The van der Waals surface area contributed by atoms with Crippen molar-refractivity contribution in [3.63, 3.8) is 0 Å². The van der Waals surface area contributed by atoms with Gasteiger partial charge in [-0.2, -0.15) is 10.4 Å². The molecule has 0 aliphatic heterocycles. The van der Waals surface area contributed by atoms with E-state index in [4.69, 9.17) is 5.26 Å². The van der Waals surface area contributed by atoms with Crippen LogP contribution in [0, 0.1) is 22.7 Å². The molecule has 1 saturated carbocycles. The highest BCUT2D eigenvalue weighted by Gasteiger charge is 2.49. The van der Waals surface area contributed by atoms with Gasteiger partial charge in [-0.25, -0.2) is 5.10 Å². The summed E-state index contributed by atoms with van der Waals surface area (Å²) in [7, 11) is 0. The number of carbonyl (C=O) groups is 1. The molecule has 1 aliphatic carbocycles. The van der Waals surface area contributed by atoms with Gasteiger partial charge in [0.1, 0.15) is 5.41 Å². The Bertz CT molecular complexity index is 517. The summed E-state index contributed by atoms with van der Waals surface area (Å²) >= 11 is 0. The van der Waals surface area contributed by atoms with E-state index in [0.717, 1.165) is 0 Å². The first kappa shape index (κ1) is 11.3. The number of amides is 1. The Morgan fingerprint density at radius 3 is 2.82 bits per heavy atom. The number of hydrogen-bond acceptors (Lipinski definition) is 4. The molecule has 1 aromatic rings. The molecule has 0 atom stereocenters. The molecule has 2 rings (SSSR count). The Labute approximate surface area is 97.7 Å². The Morgan fingerprint density at radius 2 is 2.35 bits per heavy atom. The summed E-state index contributed by atoms with van der Waals surface area (Å²) < 4.78 is 0. The number of aromatic amines is 1. The van der Waals surface area contributed by atoms with Crippen molar-refractivity contribution >= 4 is 11.7 Å². The van der Waals surface area contributed by atoms with Crippen LogP contribution in [0.25, 0.3) is 0 Å². The number of carbonyl (C=O) groups excluding carboxylic acids is 1. The molecule has 1 aliphatic rings. The van der Waals surface area contributed by atoms with Crippen molar-refractivity contribution < 1.29 is 4.79 Å². The molecule has 0 aromatic carbocycles.